The van der Waals surface area contributed by atoms with E-state index in [0.717, 1.165) is 5.56 Å². The third-order valence-corrected chi connectivity index (χ3v) is 3.80. The fraction of sp³-hybridized carbons (Fsp3) is 0.625. The van der Waals surface area contributed by atoms with E-state index in [1.807, 2.05) is 27.0 Å². The number of nitrogens with zero attached hydrogens (tertiary/aromatic N) is 1. The SMILES string of the molecule is CNC(C)c1cccc(F)c1N1CC(C)OC(C)(C)C1. The van der Waals surface area contributed by atoms with Crippen LogP contribution in [0.3, 0.4) is 0 Å². The number of morpholine rings is 1. The fourth-order valence-corrected chi connectivity index (χ4v) is 2.99. The molecule has 1 saturated heterocycles. The molecule has 1 fully saturated rings. The van der Waals surface area contributed by atoms with Gasteiger partial charge in [-0.1, -0.05) is 12.1 Å². The first-order valence-electron chi connectivity index (χ1n) is 7.22. The molecule has 20 heavy (non-hydrogen) atoms. The van der Waals surface area contributed by atoms with Gasteiger partial charge in [0.2, 0.25) is 0 Å². The molecule has 0 aliphatic carbocycles. The van der Waals surface area contributed by atoms with E-state index in [-0.39, 0.29) is 23.6 Å². The minimum absolute atomic E-state index is 0.0936. The number of nitrogens with one attached hydrogen (secondary N) is 1. The summed E-state index contributed by atoms with van der Waals surface area (Å²) in [6.07, 6.45) is 0.0936. The van der Waals surface area contributed by atoms with Gasteiger partial charge in [-0.25, -0.2) is 4.39 Å². The Kier molecular flexibility index (Phi) is 4.35. The highest BCUT2D eigenvalue weighted by molar-refractivity contribution is 5.57. The van der Waals surface area contributed by atoms with Crippen molar-refractivity contribution >= 4 is 5.69 Å². The van der Waals surface area contributed by atoms with Crippen molar-refractivity contribution in [1.82, 2.24) is 5.32 Å². The second-order valence-electron chi connectivity index (χ2n) is 6.26. The monoisotopic (exact) mass is 280 g/mol. The Bertz CT molecular complexity index is 476. The van der Waals surface area contributed by atoms with Crippen molar-refractivity contribution in [3.05, 3.63) is 29.6 Å². The Morgan fingerprint density at radius 1 is 1.45 bits per heavy atom. The molecule has 1 heterocycles. The molecule has 0 spiro atoms. The highest BCUT2D eigenvalue weighted by Gasteiger charge is 2.33. The van der Waals surface area contributed by atoms with E-state index in [1.165, 1.54) is 6.07 Å². The van der Waals surface area contributed by atoms with Crippen LogP contribution in [0.15, 0.2) is 18.2 Å². The maximum atomic E-state index is 14.4. The van der Waals surface area contributed by atoms with Gasteiger partial charge in [-0.15, -0.1) is 0 Å². The van der Waals surface area contributed by atoms with E-state index >= 15 is 0 Å². The Hall–Kier alpha value is -1.13. The van der Waals surface area contributed by atoms with Crippen LogP contribution in [0.25, 0.3) is 0 Å². The van der Waals surface area contributed by atoms with Crippen LogP contribution >= 0.6 is 0 Å². The van der Waals surface area contributed by atoms with Crippen molar-refractivity contribution < 1.29 is 9.13 Å². The third kappa shape index (κ3) is 3.13. The van der Waals surface area contributed by atoms with Gasteiger partial charge < -0.3 is 15.0 Å². The number of rotatable bonds is 3. The molecular weight excluding hydrogens is 255 g/mol. The molecule has 1 aromatic carbocycles. The summed E-state index contributed by atoms with van der Waals surface area (Å²) in [5.41, 5.74) is 1.44. The Labute approximate surface area is 121 Å². The Balaban J connectivity index is 2.41. The van der Waals surface area contributed by atoms with Crippen LogP contribution in [0.2, 0.25) is 0 Å². The summed E-state index contributed by atoms with van der Waals surface area (Å²) in [6.45, 7) is 9.61. The van der Waals surface area contributed by atoms with Crippen molar-refractivity contribution in [2.45, 2.75) is 45.4 Å². The summed E-state index contributed by atoms with van der Waals surface area (Å²) in [5, 5.41) is 3.20. The summed E-state index contributed by atoms with van der Waals surface area (Å²) in [4.78, 5) is 2.12. The predicted octanol–water partition coefficient (Wildman–Crippen LogP) is 3.11. The topological polar surface area (TPSA) is 24.5 Å². The molecule has 2 unspecified atom stereocenters. The lowest BCUT2D eigenvalue weighted by atomic mass is 10.0. The molecule has 4 heteroatoms. The smallest absolute Gasteiger partial charge is 0.146 e. The van der Waals surface area contributed by atoms with Crippen LogP contribution in [0.4, 0.5) is 10.1 Å². The van der Waals surface area contributed by atoms with Gasteiger partial charge in [0.05, 0.1) is 17.4 Å². The van der Waals surface area contributed by atoms with Gasteiger partial charge >= 0.3 is 0 Å². The van der Waals surface area contributed by atoms with Crippen LogP contribution in [0.1, 0.15) is 39.3 Å². The van der Waals surface area contributed by atoms with Gasteiger partial charge in [-0.05, 0) is 46.4 Å². The van der Waals surface area contributed by atoms with Crippen LogP contribution in [0, 0.1) is 5.82 Å². The molecule has 1 aromatic rings. The Morgan fingerprint density at radius 3 is 2.75 bits per heavy atom. The van der Waals surface area contributed by atoms with E-state index in [4.69, 9.17) is 4.74 Å². The molecule has 0 bridgehead atoms. The highest BCUT2D eigenvalue weighted by atomic mass is 19.1. The summed E-state index contributed by atoms with van der Waals surface area (Å²) >= 11 is 0. The van der Waals surface area contributed by atoms with E-state index < -0.39 is 0 Å². The van der Waals surface area contributed by atoms with Gasteiger partial charge in [0.25, 0.3) is 0 Å². The molecule has 1 N–H and O–H groups in total. The van der Waals surface area contributed by atoms with Gasteiger partial charge in [-0.2, -0.15) is 0 Å². The van der Waals surface area contributed by atoms with Gasteiger partial charge in [0.1, 0.15) is 5.82 Å². The van der Waals surface area contributed by atoms with Gasteiger partial charge in [0, 0.05) is 19.1 Å². The molecule has 1 aliphatic heterocycles. The predicted molar refractivity (Wildman–Crippen MR) is 80.7 cm³/mol. The van der Waals surface area contributed by atoms with Crippen molar-refractivity contribution in [2.24, 2.45) is 0 Å². The highest BCUT2D eigenvalue weighted by Crippen LogP contribution is 2.33. The lowest BCUT2D eigenvalue weighted by Gasteiger charge is -2.43. The zero-order valence-corrected chi connectivity index (χ0v) is 13.0. The minimum atomic E-state index is -0.264. The molecular formula is C16H25FN2O. The number of para-hydroxylation sites is 1. The number of benzene rings is 1. The van der Waals surface area contributed by atoms with Gasteiger partial charge in [-0.3, -0.25) is 0 Å². The van der Waals surface area contributed by atoms with Gasteiger partial charge in [0.15, 0.2) is 0 Å². The standard InChI is InChI=1S/C16H25FN2O/c1-11-9-19(10-16(3,4)20-11)15-13(12(2)18-5)7-6-8-14(15)17/h6-8,11-12,18H,9-10H2,1-5H3. The normalized spacial score (nSPS) is 23.7. The van der Waals surface area contributed by atoms with Crippen molar-refractivity contribution in [2.75, 3.05) is 25.0 Å². The molecule has 3 nitrogen and oxygen atoms in total. The maximum Gasteiger partial charge on any atom is 0.146 e. The average Bonchev–Trinajstić information content (AvgIpc) is 2.34. The lowest BCUT2D eigenvalue weighted by Crippen LogP contribution is -2.52. The van der Waals surface area contributed by atoms with Crippen molar-refractivity contribution in [3.8, 4) is 0 Å². The number of halogens is 1. The van der Waals surface area contributed by atoms with E-state index in [9.17, 15) is 4.39 Å². The third-order valence-electron chi connectivity index (χ3n) is 3.80. The lowest BCUT2D eigenvalue weighted by molar-refractivity contribution is -0.0751. The summed E-state index contributed by atoms with van der Waals surface area (Å²) in [7, 11) is 1.89. The first-order valence-corrected chi connectivity index (χ1v) is 7.22. The van der Waals surface area contributed by atoms with Crippen molar-refractivity contribution in [3.63, 3.8) is 0 Å². The summed E-state index contributed by atoms with van der Waals surface area (Å²) in [6, 6.07) is 5.42. The number of hydrogen-bond acceptors (Lipinski definition) is 3. The molecule has 0 radical (unpaired) electrons. The minimum Gasteiger partial charge on any atom is -0.369 e. The van der Waals surface area contributed by atoms with Crippen LogP contribution < -0.4 is 10.2 Å². The molecule has 0 amide bonds. The Morgan fingerprint density at radius 2 is 2.15 bits per heavy atom. The van der Waals surface area contributed by atoms with E-state index in [1.54, 1.807) is 6.07 Å². The van der Waals surface area contributed by atoms with E-state index in [0.29, 0.717) is 18.8 Å². The zero-order chi connectivity index (χ0) is 14.9. The maximum absolute atomic E-state index is 14.4. The van der Waals surface area contributed by atoms with E-state index in [2.05, 4.69) is 24.1 Å². The molecule has 1 aliphatic rings. The first-order chi connectivity index (χ1) is 9.34. The number of anilines is 1. The van der Waals surface area contributed by atoms with Crippen LogP contribution in [0.5, 0.6) is 0 Å². The number of hydrogen-bond donors (Lipinski definition) is 1. The second-order valence-corrected chi connectivity index (χ2v) is 6.26. The quantitative estimate of drug-likeness (QED) is 0.920. The largest absolute Gasteiger partial charge is 0.369 e. The molecule has 2 rings (SSSR count). The van der Waals surface area contributed by atoms with Crippen LogP contribution in [-0.4, -0.2) is 31.8 Å². The zero-order valence-electron chi connectivity index (χ0n) is 13.0. The second kappa shape index (κ2) is 5.70. The fourth-order valence-electron chi connectivity index (χ4n) is 2.99. The first kappa shape index (κ1) is 15.3. The summed E-state index contributed by atoms with van der Waals surface area (Å²) < 4.78 is 20.3. The average molecular weight is 280 g/mol. The summed E-state index contributed by atoms with van der Waals surface area (Å²) in [5.74, 6) is -0.158. The number of ether oxygens (including phenoxy) is 1. The molecule has 112 valence electrons. The molecule has 2 atom stereocenters. The van der Waals surface area contributed by atoms with Crippen molar-refractivity contribution in [1.29, 1.82) is 0 Å². The van der Waals surface area contributed by atoms with Crippen LogP contribution in [-0.2, 0) is 4.74 Å². The molecule has 0 aromatic heterocycles. The molecule has 0 saturated carbocycles.